The highest BCUT2D eigenvalue weighted by Crippen LogP contribution is 2.17. The van der Waals surface area contributed by atoms with Crippen molar-refractivity contribution in [1.82, 2.24) is 10.4 Å². The summed E-state index contributed by atoms with van der Waals surface area (Å²) in [5.74, 6) is -0.220. The average molecular weight is 277 g/mol. The molecule has 0 aliphatic carbocycles. The van der Waals surface area contributed by atoms with E-state index in [-0.39, 0.29) is 5.91 Å². The van der Waals surface area contributed by atoms with Gasteiger partial charge in [0.05, 0.1) is 11.3 Å². The smallest absolute Gasteiger partial charge is 0.273 e. The van der Waals surface area contributed by atoms with Crippen LogP contribution in [0.3, 0.4) is 0 Å². The highest BCUT2D eigenvalue weighted by atomic mass is 16.2. The molecule has 1 amide bonds. The summed E-state index contributed by atoms with van der Waals surface area (Å²) in [4.78, 5) is 15.3. The molecule has 0 saturated carbocycles. The molecule has 0 aliphatic rings. The third-order valence-electron chi connectivity index (χ3n) is 3.35. The van der Waals surface area contributed by atoms with Crippen LogP contribution < -0.4 is 5.43 Å². The number of hydrazone groups is 1. The molecule has 0 saturated heterocycles. The highest BCUT2D eigenvalue weighted by molar-refractivity contribution is 6.07. The predicted octanol–water partition coefficient (Wildman–Crippen LogP) is 3.32. The molecule has 1 heterocycles. The number of hydrogen-bond acceptors (Lipinski definition) is 2. The van der Waals surface area contributed by atoms with Crippen molar-refractivity contribution in [2.45, 2.75) is 6.92 Å². The summed E-state index contributed by atoms with van der Waals surface area (Å²) in [6.45, 7) is 1.87. The molecule has 104 valence electrons. The number of rotatable bonds is 3. The Labute approximate surface area is 122 Å². The van der Waals surface area contributed by atoms with Gasteiger partial charge in [0.1, 0.15) is 0 Å². The molecule has 4 heteroatoms. The Kier molecular flexibility index (Phi) is 3.51. The second-order valence-electron chi connectivity index (χ2n) is 4.75. The van der Waals surface area contributed by atoms with Crippen LogP contribution in [-0.2, 0) is 0 Å². The van der Waals surface area contributed by atoms with Crippen molar-refractivity contribution in [2.24, 2.45) is 5.10 Å². The average Bonchev–Trinajstić information content (AvgIpc) is 2.97. The van der Waals surface area contributed by atoms with Crippen LogP contribution in [0.4, 0.5) is 0 Å². The quantitative estimate of drug-likeness (QED) is 0.560. The molecule has 1 aromatic heterocycles. The van der Waals surface area contributed by atoms with E-state index in [1.165, 1.54) is 0 Å². The Hall–Kier alpha value is -2.88. The van der Waals surface area contributed by atoms with Crippen molar-refractivity contribution in [2.75, 3.05) is 0 Å². The normalized spacial score (nSPS) is 11.6. The van der Waals surface area contributed by atoms with Gasteiger partial charge in [-0.1, -0.05) is 48.5 Å². The van der Waals surface area contributed by atoms with Crippen molar-refractivity contribution in [3.8, 4) is 0 Å². The van der Waals surface area contributed by atoms with Gasteiger partial charge in [-0.15, -0.1) is 0 Å². The summed E-state index contributed by atoms with van der Waals surface area (Å²) >= 11 is 0. The van der Waals surface area contributed by atoms with Gasteiger partial charge < -0.3 is 4.98 Å². The summed E-state index contributed by atoms with van der Waals surface area (Å²) in [5.41, 5.74) is 5.88. The Bertz CT molecular complexity index is 803. The minimum atomic E-state index is -0.220. The molecular formula is C17H15N3O. The van der Waals surface area contributed by atoms with Gasteiger partial charge in [-0.05, 0) is 18.6 Å². The Morgan fingerprint density at radius 1 is 1.05 bits per heavy atom. The van der Waals surface area contributed by atoms with Crippen molar-refractivity contribution in [1.29, 1.82) is 0 Å². The van der Waals surface area contributed by atoms with Gasteiger partial charge in [0.25, 0.3) is 5.91 Å². The largest absolute Gasteiger partial charge is 0.360 e. The number of aromatic nitrogens is 1. The van der Waals surface area contributed by atoms with Crippen molar-refractivity contribution < 1.29 is 4.79 Å². The molecule has 0 aliphatic heterocycles. The molecule has 3 aromatic rings. The minimum Gasteiger partial charge on any atom is -0.360 e. The maximum Gasteiger partial charge on any atom is 0.273 e. The van der Waals surface area contributed by atoms with Crippen LogP contribution in [-0.4, -0.2) is 16.6 Å². The molecule has 4 nitrogen and oxygen atoms in total. The van der Waals surface area contributed by atoms with Crippen LogP contribution in [0.1, 0.15) is 22.8 Å². The molecule has 3 rings (SSSR count). The van der Waals surface area contributed by atoms with Crippen LogP contribution in [0.5, 0.6) is 0 Å². The Balaban J connectivity index is 1.81. The number of carbonyl (C=O) groups is 1. The Morgan fingerprint density at radius 2 is 1.76 bits per heavy atom. The van der Waals surface area contributed by atoms with Crippen LogP contribution >= 0.6 is 0 Å². The van der Waals surface area contributed by atoms with E-state index in [1.807, 2.05) is 61.5 Å². The Morgan fingerprint density at radius 3 is 2.57 bits per heavy atom. The molecule has 0 bridgehead atoms. The van der Waals surface area contributed by atoms with E-state index in [1.54, 1.807) is 6.20 Å². The highest BCUT2D eigenvalue weighted by Gasteiger charge is 2.10. The third-order valence-corrected chi connectivity index (χ3v) is 3.35. The molecule has 2 N–H and O–H groups in total. The topological polar surface area (TPSA) is 57.2 Å². The lowest BCUT2D eigenvalue weighted by atomic mass is 10.1. The number of para-hydroxylation sites is 1. The number of hydrogen-bond donors (Lipinski definition) is 2. The number of nitrogens with zero attached hydrogens (tertiary/aromatic N) is 1. The number of nitrogens with one attached hydrogen (secondary N) is 2. The van der Waals surface area contributed by atoms with E-state index in [2.05, 4.69) is 15.5 Å². The molecule has 0 fully saturated rings. The summed E-state index contributed by atoms with van der Waals surface area (Å²) in [7, 11) is 0. The second kappa shape index (κ2) is 5.63. The fourth-order valence-corrected chi connectivity index (χ4v) is 2.20. The molecule has 2 aromatic carbocycles. The van der Waals surface area contributed by atoms with E-state index in [0.29, 0.717) is 5.56 Å². The zero-order chi connectivity index (χ0) is 14.7. The number of fused-ring (bicyclic) bond motifs is 1. The van der Waals surface area contributed by atoms with Crippen LogP contribution in [0.15, 0.2) is 65.9 Å². The van der Waals surface area contributed by atoms with Gasteiger partial charge in [0.15, 0.2) is 0 Å². The summed E-state index contributed by atoms with van der Waals surface area (Å²) in [5, 5.41) is 5.05. The predicted molar refractivity (Wildman–Crippen MR) is 84.4 cm³/mol. The second-order valence-corrected chi connectivity index (χ2v) is 4.75. The fourth-order valence-electron chi connectivity index (χ4n) is 2.20. The van der Waals surface area contributed by atoms with Crippen molar-refractivity contribution >= 4 is 22.5 Å². The number of benzene rings is 2. The van der Waals surface area contributed by atoms with E-state index < -0.39 is 0 Å². The maximum absolute atomic E-state index is 12.2. The zero-order valence-electron chi connectivity index (χ0n) is 11.6. The first-order valence-corrected chi connectivity index (χ1v) is 6.72. The van der Waals surface area contributed by atoms with Gasteiger partial charge in [0, 0.05) is 17.1 Å². The van der Waals surface area contributed by atoms with E-state index in [4.69, 9.17) is 0 Å². The van der Waals surface area contributed by atoms with E-state index in [0.717, 1.165) is 22.2 Å². The molecule has 21 heavy (non-hydrogen) atoms. The van der Waals surface area contributed by atoms with Gasteiger partial charge >= 0.3 is 0 Å². The first kappa shape index (κ1) is 13.1. The van der Waals surface area contributed by atoms with Gasteiger partial charge in [-0.3, -0.25) is 4.79 Å². The van der Waals surface area contributed by atoms with Gasteiger partial charge in [0.2, 0.25) is 0 Å². The zero-order valence-corrected chi connectivity index (χ0v) is 11.6. The summed E-state index contributed by atoms with van der Waals surface area (Å²) < 4.78 is 0. The number of aromatic amines is 1. The van der Waals surface area contributed by atoms with Crippen LogP contribution in [0.25, 0.3) is 10.9 Å². The van der Waals surface area contributed by atoms with Crippen molar-refractivity contribution in [3.05, 3.63) is 71.9 Å². The summed E-state index contributed by atoms with van der Waals surface area (Å²) in [6.07, 6.45) is 1.70. The summed E-state index contributed by atoms with van der Waals surface area (Å²) in [6, 6.07) is 17.4. The third kappa shape index (κ3) is 2.69. The monoisotopic (exact) mass is 277 g/mol. The van der Waals surface area contributed by atoms with Crippen LogP contribution in [0.2, 0.25) is 0 Å². The lowest BCUT2D eigenvalue weighted by Crippen LogP contribution is -2.19. The molecular weight excluding hydrogens is 262 g/mol. The number of carbonyl (C=O) groups excluding carboxylic acids is 1. The van der Waals surface area contributed by atoms with Crippen LogP contribution in [0, 0.1) is 0 Å². The van der Waals surface area contributed by atoms with Gasteiger partial charge in [-0.2, -0.15) is 5.10 Å². The standard InChI is InChI=1S/C17H15N3O/c1-12(13-7-3-2-4-8-13)19-20-17(21)15-11-18-16-10-6-5-9-14(15)16/h2-11,18H,1H3,(H,20,21)/b19-12+. The lowest BCUT2D eigenvalue weighted by Gasteiger charge is -2.02. The number of H-pyrrole nitrogens is 1. The van der Waals surface area contributed by atoms with Crippen molar-refractivity contribution in [3.63, 3.8) is 0 Å². The SMILES string of the molecule is C/C(=N\NC(=O)c1c[nH]c2ccccc12)c1ccccc1. The first-order valence-electron chi connectivity index (χ1n) is 6.72. The lowest BCUT2D eigenvalue weighted by molar-refractivity contribution is 0.0956. The fraction of sp³-hybridized carbons (Fsp3) is 0.0588. The molecule has 0 spiro atoms. The van der Waals surface area contributed by atoms with Gasteiger partial charge in [-0.25, -0.2) is 5.43 Å². The van der Waals surface area contributed by atoms with E-state index in [9.17, 15) is 4.79 Å². The molecule has 0 unspecified atom stereocenters. The first-order chi connectivity index (χ1) is 10.3. The number of amides is 1. The van der Waals surface area contributed by atoms with E-state index >= 15 is 0 Å². The molecule has 0 radical (unpaired) electrons. The maximum atomic E-state index is 12.2. The minimum absolute atomic E-state index is 0.220. The molecule has 0 atom stereocenters.